The van der Waals surface area contributed by atoms with E-state index in [0.29, 0.717) is 13.0 Å². The zero-order valence-corrected chi connectivity index (χ0v) is 9.24. The molecule has 0 bridgehead atoms. The van der Waals surface area contributed by atoms with Gasteiger partial charge < -0.3 is 21.5 Å². The van der Waals surface area contributed by atoms with Crippen LogP contribution in [0.3, 0.4) is 0 Å². The Morgan fingerprint density at radius 2 is 2.31 bits per heavy atom. The summed E-state index contributed by atoms with van der Waals surface area (Å²) in [5, 5.41) is 14.4. The highest BCUT2D eigenvalue weighted by molar-refractivity contribution is 5.77. The summed E-state index contributed by atoms with van der Waals surface area (Å²) in [5.74, 6) is -1.08. The first-order valence-electron chi connectivity index (χ1n) is 5.58. The van der Waals surface area contributed by atoms with Gasteiger partial charge in [0.1, 0.15) is 6.04 Å². The van der Waals surface area contributed by atoms with Crippen molar-refractivity contribution >= 4 is 11.9 Å². The van der Waals surface area contributed by atoms with Crippen LogP contribution in [0.4, 0.5) is 0 Å². The molecule has 0 saturated carbocycles. The van der Waals surface area contributed by atoms with Crippen molar-refractivity contribution in [1.82, 2.24) is 10.6 Å². The number of amides is 1. The molecule has 1 heterocycles. The Morgan fingerprint density at radius 1 is 1.56 bits per heavy atom. The molecule has 0 spiro atoms. The van der Waals surface area contributed by atoms with Crippen molar-refractivity contribution in [3.8, 4) is 0 Å². The second kappa shape index (κ2) is 6.44. The number of carbonyl (C=O) groups is 2. The molecule has 6 heteroatoms. The summed E-state index contributed by atoms with van der Waals surface area (Å²) in [5.41, 5.74) is 5.30. The van der Waals surface area contributed by atoms with E-state index in [0.717, 1.165) is 19.4 Å². The normalized spacial score (nSPS) is 21.7. The number of carboxylic acid groups (broad SMARTS) is 1. The fourth-order valence-electron chi connectivity index (χ4n) is 1.72. The van der Waals surface area contributed by atoms with Crippen LogP contribution in [0.15, 0.2) is 0 Å². The molecule has 0 radical (unpaired) electrons. The van der Waals surface area contributed by atoms with Gasteiger partial charge in [-0.05, 0) is 25.8 Å². The Morgan fingerprint density at radius 3 is 2.88 bits per heavy atom. The van der Waals surface area contributed by atoms with Gasteiger partial charge >= 0.3 is 5.97 Å². The van der Waals surface area contributed by atoms with Crippen molar-refractivity contribution in [3.63, 3.8) is 0 Å². The first-order valence-corrected chi connectivity index (χ1v) is 5.58. The fourth-order valence-corrected chi connectivity index (χ4v) is 1.72. The van der Waals surface area contributed by atoms with Gasteiger partial charge in [0, 0.05) is 19.0 Å². The van der Waals surface area contributed by atoms with E-state index in [1.165, 1.54) is 0 Å². The molecular formula is C10H19N3O3. The van der Waals surface area contributed by atoms with E-state index < -0.39 is 12.0 Å². The summed E-state index contributed by atoms with van der Waals surface area (Å²) in [4.78, 5) is 21.8. The van der Waals surface area contributed by atoms with Gasteiger partial charge in [-0.3, -0.25) is 9.59 Å². The van der Waals surface area contributed by atoms with Crippen molar-refractivity contribution in [1.29, 1.82) is 0 Å². The number of hydrogen-bond acceptors (Lipinski definition) is 4. The van der Waals surface area contributed by atoms with Gasteiger partial charge in [-0.25, -0.2) is 0 Å². The minimum atomic E-state index is -1.04. The zero-order chi connectivity index (χ0) is 12.0. The molecule has 6 nitrogen and oxygen atoms in total. The Hall–Kier alpha value is -1.14. The zero-order valence-electron chi connectivity index (χ0n) is 9.24. The fraction of sp³-hybridized carbons (Fsp3) is 0.800. The van der Waals surface area contributed by atoms with Crippen LogP contribution in [0.5, 0.6) is 0 Å². The molecule has 0 aliphatic carbocycles. The first kappa shape index (κ1) is 12.9. The van der Waals surface area contributed by atoms with E-state index in [1.807, 2.05) is 0 Å². The Labute approximate surface area is 94.6 Å². The van der Waals surface area contributed by atoms with E-state index in [9.17, 15) is 9.59 Å². The number of carboxylic acids is 1. The lowest BCUT2D eigenvalue weighted by molar-refractivity contribution is -0.138. The number of nitrogens with one attached hydrogen (secondary N) is 2. The quantitative estimate of drug-likeness (QED) is 0.470. The van der Waals surface area contributed by atoms with Crippen molar-refractivity contribution in [3.05, 3.63) is 0 Å². The van der Waals surface area contributed by atoms with Gasteiger partial charge in [-0.1, -0.05) is 0 Å². The summed E-state index contributed by atoms with van der Waals surface area (Å²) in [7, 11) is 0. The molecule has 1 aliphatic rings. The van der Waals surface area contributed by atoms with Gasteiger partial charge in [0.25, 0.3) is 0 Å². The van der Waals surface area contributed by atoms with Crippen LogP contribution in [0, 0.1) is 0 Å². The maximum atomic E-state index is 11.4. The molecule has 1 fully saturated rings. The van der Waals surface area contributed by atoms with Crippen molar-refractivity contribution < 1.29 is 14.7 Å². The largest absolute Gasteiger partial charge is 0.480 e. The molecule has 16 heavy (non-hydrogen) atoms. The topological polar surface area (TPSA) is 104 Å². The molecule has 0 aromatic carbocycles. The van der Waals surface area contributed by atoms with Crippen molar-refractivity contribution in [2.75, 3.05) is 13.1 Å². The Balaban J connectivity index is 2.08. The van der Waals surface area contributed by atoms with Crippen LogP contribution in [-0.2, 0) is 9.59 Å². The molecule has 2 unspecified atom stereocenters. The van der Waals surface area contributed by atoms with Crippen molar-refractivity contribution in [2.24, 2.45) is 5.73 Å². The number of carbonyl (C=O) groups excluding carboxylic acids is 1. The van der Waals surface area contributed by atoms with E-state index in [1.54, 1.807) is 0 Å². The minimum Gasteiger partial charge on any atom is -0.480 e. The third-order valence-corrected chi connectivity index (χ3v) is 2.69. The Kier molecular flexibility index (Phi) is 5.21. The SMILES string of the molecule is NC(CCNC(=O)CC1CCCN1)C(=O)O. The minimum absolute atomic E-state index is 0.0445. The lowest BCUT2D eigenvalue weighted by atomic mass is 10.1. The van der Waals surface area contributed by atoms with E-state index in [4.69, 9.17) is 10.8 Å². The summed E-state index contributed by atoms with van der Waals surface area (Å²) in [6.07, 6.45) is 2.87. The van der Waals surface area contributed by atoms with Crippen LogP contribution in [0.25, 0.3) is 0 Å². The number of aliphatic carboxylic acids is 1. The number of rotatable bonds is 6. The first-order chi connectivity index (χ1) is 7.59. The molecule has 0 aromatic heterocycles. The van der Waals surface area contributed by atoms with Crippen LogP contribution >= 0.6 is 0 Å². The monoisotopic (exact) mass is 229 g/mol. The second-order valence-electron chi connectivity index (χ2n) is 4.08. The predicted octanol–water partition coefficient (Wildman–Crippen LogP) is -0.953. The standard InChI is InChI=1S/C10H19N3O3/c11-8(10(15)16)3-5-13-9(14)6-7-2-1-4-12-7/h7-8,12H,1-6,11H2,(H,13,14)(H,15,16). The third kappa shape index (κ3) is 4.59. The summed E-state index contributed by atoms with van der Waals surface area (Å²) in [6, 6.07) is -0.627. The van der Waals surface area contributed by atoms with E-state index in [2.05, 4.69) is 10.6 Å². The van der Waals surface area contributed by atoms with Crippen LogP contribution in [0.2, 0.25) is 0 Å². The van der Waals surface area contributed by atoms with E-state index in [-0.39, 0.29) is 18.4 Å². The predicted molar refractivity (Wildman–Crippen MR) is 58.9 cm³/mol. The van der Waals surface area contributed by atoms with E-state index >= 15 is 0 Å². The highest BCUT2D eigenvalue weighted by Gasteiger charge is 2.17. The second-order valence-corrected chi connectivity index (χ2v) is 4.08. The smallest absolute Gasteiger partial charge is 0.320 e. The van der Waals surface area contributed by atoms with Crippen LogP contribution in [-0.4, -0.2) is 42.2 Å². The molecule has 0 aromatic rings. The Bertz CT molecular complexity index is 252. The molecule has 92 valence electrons. The highest BCUT2D eigenvalue weighted by Crippen LogP contribution is 2.07. The third-order valence-electron chi connectivity index (χ3n) is 2.69. The molecular weight excluding hydrogens is 210 g/mol. The lowest BCUT2D eigenvalue weighted by Crippen LogP contribution is -2.37. The van der Waals surface area contributed by atoms with Gasteiger partial charge in [0.2, 0.25) is 5.91 Å². The summed E-state index contributed by atoms with van der Waals surface area (Å²) < 4.78 is 0. The average molecular weight is 229 g/mol. The number of hydrogen-bond donors (Lipinski definition) is 4. The lowest BCUT2D eigenvalue weighted by Gasteiger charge is -2.11. The summed E-state index contributed by atoms with van der Waals surface area (Å²) in [6.45, 7) is 1.29. The molecule has 5 N–H and O–H groups in total. The van der Waals surface area contributed by atoms with Crippen LogP contribution < -0.4 is 16.4 Å². The van der Waals surface area contributed by atoms with Crippen molar-refractivity contribution in [2.45, 2.75) is 37.8 Å². The van der Waals surface area contributed by atoms with Gasteiger partial charge in [0.15, 0.2) is 0 Å². The summed E-state index contributed by atoms with van der Waals surface area (Å²) >= 11 is 0. The average Bonchev–Trinajstić information content (AvgIpc) is 2.70. The molecule has 1 rings (SSSR count). The highest BCUT2D eigenvalue weighted by atomic mass is 16.4. The number of nitrogens with two attached hydrogens (primary N) is 1. The van der Waals surface area contributed by atoms with Crippen LogP contribution in [0.1, 0.15) is 25.7 Å². The molecule has 1 amide bonds. The van der Waals surface area contributed by atoms with Gasteiger partial charge in [-0.2, -0.15) is 0 Å². The van der Waals surface area contributed by atoms with Gasteiger partial charge in [-0.15, -0.1) is 0 Å². The van der Waals surface area contributed by atoms with Gasteiger partial charge in [0.05, 0.1) is 0 Å². The molecule has 2 atom stereocenters. The molecule has 1 aliphatic heterocycles. The maximum Gasteiger partial charge on any atom is 0.320 e. The molecule has 1 saturated heterocycles. The maximum absolute atomic E-state index is 11.4.